The third-order valence-electron chi connectivity index (χ3n) is 3.43. The first-order chi connectivity index (χ1) is 8.43. The molecule has 1 aromatic carbocycles. The van der Waals surface area contributed by atoms with Crippen LogP contribution in [0.1, 0.15) is 28.8 Å². The number of fused-ring (bicyclic) bond motifs is 1. The number of hydrogen-bond donors (Lipinski definition) is 1. The van der Waals surface area contributed by atoms with Gasteiger partial charge in [-0.05, 0) is 54.3 Å². The van der Waals surface area contributed by atoms with Gasteiger partial charge in [0, 0.05) is 17.1 Å². The molecule has 0 aliphatic heterocycles. The van der Waals surface area contributed by atoms with Crippen molar-refractivity contribution >= 4 is 17.0 Å². The van der Waals surface area contributed by atoms with E-state index in [9.17, 15) is 0 Å². The standard InChI is InChI=1S/C15H17NS/c1-2-8-14-12(5-1)6-3-9-15(14)16-11-13-7-4-10-17-13/h3-4,6-7,9-10,16H,1-2,5,8,11H2. The third kappa shape index (κ3) is 2.37. The molecule has 0 radical (unpaired) electrons. The van der Waals surface area contributed by atoms with Gasteiger partial charge in [0.15, 0.2) is 0 Å². The van der Waals surface area contributed by atoms with Gasteiger partial charge in [-0.25, -0.2) is 0 Å². The second-order valence-electron chi connectivity index (χ2n) is 4.58. The predicted octanol–water partition coefficient (Wildman–Crippen LogP) is 4.24. The van der Waals surface area contributed by atoms with Crippen molar-refractivity contribution in [3.8, 4) is 0 Å². The molecule has 3 rings (SSSR count). The number of nitrogens with one attached hydrogen (secondary N) is 1. The van der Waals surface area contributed by atoms with Crippen LogP contribution in [0.25, 0.3) is 0 Å². The van der Waals surface area contributed by atoms with Crippen LogP contribution < -0.4 is 5.32 Å². The van der Waals surface area contributed by atoms with E-state index < -0.39 is 0 Å². The molecule has 1 heterocycles. The second-order valence-corrected chi connectivity index (χ2v) is 5.62. The van der Waals surface area contributed by atoms with E-state index in [1.807, 2.05) is 11.3 Å². The van der Waals surface area contributed by atoms with Crippen molar-refractivity contribution in [1.82, 2.24) is 0 Å². The Labute approximate surface area is 106 Å². The molecule has 1 aromatic heterocycles. The summed E-state index contributed by atoms with van der Waals surface area (Å²) in [5.41, 5.74) is 4.44. The lowest BCUT2D eigenvalue weighted by atomic mass is 9.90. The molecule has 0 saturated heterocycles. The summed E-state index contributed by atoms with van der Waals surface area (Å²) in [6.07, 6.45) is 5.18. The molecule has 1 nitrogen and oxygen atoms in total. The van der Waals surface area contributed by atoms with Gasteiger partial charge in [0.1, 0.15) is 0 Å². The maximum Gasteiger partial charge on any atom is 0.0494 e. The van der Waals surface area contributed by atoms with Crippen LogP contribution >= 0.6 is 11.3 Å². The van der Waals surface area contributed by atoms with Crippen molar-refractivity contribution in [2.24, 2.45) is 0 Å². The maximum atomic E-state index is 3.59. The van der Waals surface area contributed by atoms with Crippen LogP contribution in [0.4, 0.5) is 5.69 Å². The third-order valence-corrected chi connectivity index (χ3v) is 4.31. The molecule has 0 atom stereocenters. The van der Waals surface area contributed by atoms with E-state index >= 15 is 0 Å². The fourth-order valence-corrected chi connectivity index (χ4v) is 3.19. The molecule has 0 saturated carbocycles. The van der Waals surface area contributed by atoms with Crippen molar-refractivity contribution < 1.29 is 0 Å². The lowest BCUT2D eigenvalue weighted by molar-refractivity contribution is 0.686. The van der Waals surface area contributed by atoms with E-state index in [0.717, 1.165) is 6.54 Å². The van der Waals surface area contributed by atoms with Crippen molar-refractivity contribution in [2.45, 2.75) is 32.2 Å². The number of thiophene rings is 1. The van der Waals surface area contributed by atoms with Gasteiger partial charge in [-0.3, -0.25) is 0 Å². The average molecular weight is 243 g/mol. The second kappa shape index (κ2) is 4.92. The molecule has 2 heteroatoms. The van der Waals surface area contributed by atoms with Crippen molar-refractivity contribution in [3.63, 3.8) is 0 Å². The Morgan fingerprint density at radius 1 is 1.06 bits per heavy atom. The zero-order valence-corrected chi connectivity index (χ0v) is 10.7. The Morgan fingerprint density at radius 3 is 2.88 bits per heavy atom. The molecule has 0 unspecified atom stereocenters. The van der Waals surface area contributed by atoms with E-state index in [4.69, 9.17) is 0 Å². The van der Waals surface area contributed by atoms with Gasteiger partial charge in [-0.2, -0.15) is 0 Å². The molecule has 2 aromatic rings. The minimum Gasteiger partial charge on any atom is -0.380 e. The van der Waals surface area contributed by atoms with Crippen LogP contribution in [0, 0.1) is 0 Å². The topological polar surface area (TPSA) is 12.0 Å². The Kier molecular flexibility index (Phi) is 3.14. The van der Waals surface area contributed by atoms with E-state index in [1.165, 1.54) is 36.2 Å². The predicted molar refractivity (Wildman–Crippen MR) is 74.7 cm³/mol. The van der Waals surface area contributed by atoms with Crippen LogP contribution in [0.15, 0.2) is 35.7 Å². The van der Waals surface area contributed by atoms with E-state index in [2.05, 4.69) is 41.0 Å². The Hall–Kier alpha value is -1.28. The van der Waals surface area contributed by atoms with E-state index in [1.54, 1.807) is 11.1 Å². The summed E-state index contributed by atoms with van der Waals surface area (Å²) in [5, 5.41) is 5.72. The van der Waals surface area contributed by atoms with Crippen LogP contribution in [0.2, 0.25) is 0 Å². The Bertz CT molecular complexity index is 488. The molecule has 1 aliphatic rings. The molecule has 0 spiro atoms. The number of hydrogen-bond acceptors (Lipinski definition) is 2. The molecule has 1 N–H and O–H groups in total. The molecule has 0 amide bonds. The monoisotopic (exact) mass is 243 g/mol. The van der Waals surface area contributed by atoms with Gasteiger partial charge in [0.05, 0.1) is 0 Å². The fourth-order valence-electron chi connectivity index (χ4n) is 2.54. The van der Waals surface area contributed by atoms with Gasteiger partial charge in [0.2, 0.25) is 0 Å². The summed E-state index contributed by atoms with van der Waals surface area (Å²) in [7, 11) is 0. The molecule has 1 aliphatic carbocycles. The highest BCUT2D eigenvalue weighted by Crippen LogP contribution is 2.28. The number of anilines is 1. The summed E-state index contributed by atoms with van der Waals surface area (Å²) in [6, 6.07) is 11.0. The quantitative estimate of drug-likeness (QED) is 0.850. The van der Waals surface area contributed by atoms with Crippen LogP contribution in [-0.2, 0) is 19.4 Å². The van der Waals surface area contributed by atoms with Crippen molar-refractivity contribution in [3.05, 3.63) is 51.7 Å². The minimum atomic E-state index is 0.952. The van der Waals surface area contributed by atoms with Gasteiger partial charge < -0.3 is 5.32 Å². The van der Waals surface area contributed by atoms with Gasteiger partial charge >= 0.3 is 0 Å². The molecule has 17 heavy (non-hydrogen) atoms. The molecule has 0 fully saturated rings. The lowest BCUT2D eigenvalue weighted by Gasteiger charge is -2.19. The summed E-state index contributed by atoms with van der Waals surface area (Å²) in [4.78, 5) is 1.40. The normalized spacial score (nSPS) is 14.4. The van der Waals surface area contributed by atoms with Crippen LogP contribution in [0.5, 0.6) is 0 Å². The largest absolute Gasteiger partial charge is 0.380 e. The summed E-state index contributed by atoms with van der Waals surface area (Å²) < 4.78 is 0. The Morgan fingerprint density at radius 2 is 2.00 bits per heavy atom. The first-order valence-corrected chi connectivity index (χ1v) is 7.18. The zero-order valence-electron chi connectivity index (χ0n) is 9.91. The van der Waals surface area contributed by atoms with Gasteiger partial charge in [-0.1, -0.05) is 18.2 Å². The number of aryl methyl sites for hydroxylation is 1. The highest BCUT2D eigenvalue weighted by molar-refractivity contribution is 7.09. The molecular weight excluding hydrogens is 226 g/mol. The van der Waals surface area contributed by atoms with Crippen LogP contribution in [-0.4, -0.2) is 0 Å². The smallest absolute Gasteiger partial charge is 0.0494 e. The zero-order chi connectivity index (χ0) is 11.5. The SMILES string of the molecule is c1csc(CNc2cccc3c2CCCC3)c1. The first kappa shape index (κ1) is 10.8. The first-order valence-electron chi connectivity index (χ1n) is 6.30. The summed E-state index contributed by atoms with van der Waals surface area (Å²) >= 11 is 1.82. The Balaban J connectivity index is 1.78. The van der Waals surface area contributed by atoms with Crippen LogP contribution in [0.3, 0.4) is 0 Å². The van der Waals surface area contributed by atoms with Gasteiger partial charge in [-0.15, -0.1) is 11.3 Å². The molecule has 0 bridgehead atoms. The highest BCUT2D eigenvalue weighted by atomic mass is 32.1. The summed E-state index contributed by atoms with van der Waals surface area (Å²) in [6.45, 7) is 0.952. The average Bonchev–Trinajstić information content (AvgIpc) is 2.89. The van der Waals surface area contributed by atoms with Crippen molar-refractivity contribution in [1.29, 1.82) is 0 Å². The highest BCUT2D eigenvalue weighted by Gasteiger charge is 2.12. The maximum absolute atomic E-state index is 3.59. The number of benzene rings is 1. The van der Waals surface area contributed by atoms with E-state index in [0.29, 0.717) is 0 Å². The van der Waals surface area contributed by atoms with Gasteiger partial charge in [0.25, 0.3) is 0 Å². The molecule has 88 valence electrons. The summed E-state index contributed by atoms with van der Waals surface area (Å²) in [5.74, 6) is 0. The molecular formula is C15H17NS. The van der Waals surface area contributed by atoms with Crippen molar-refractivity contribution in [2.75, 3.05) is 5.32 Å². The van der Waals surface area contributed by atoms with E-state index in [-0.39, 0.29) is 0 Å². The lowest BCUT2D eigenvalue weighted by Crippen LogP contribution is -2.08. The minimum absolute atomic E-state index is 0.952. The number of rotatable bonds is 3. The fraction of sp³-hybridized carbons (Fsp3) is 0.333.